The molecular formula is C9H19N3O. The Bertz CT molecular complexity index is 200. The smallest absolute Gasteiger partial charge is 0.233 e. The van der Waals surface area contributed by atoms with Crippen LogP contribution < -0.4 is 10.6 Å². The van der Waals surface area contributed by atoms with Gasteiger partial charge in [-0.15, -0.1) is 0 Å². The van der Waals surface area contributed by atoms with E-state index in [9.17, 15) is 4.79 Å². The second-order valence-corrected chi connectivity index (χ2v) is 3.34. The highest BCUT2D eigenvalue weighted by Gasteiger charge is 2.24. The molecule has 76 valence electrons. The zero-order valence-corrected chi connectivity index (χ0v) is 8.34. The first kappa shape index (κ1) is 8.97. The van der Waals surface area contributed by atoms with E-state index in [1.807, 2.05) is 7.05 Å². The van der Waals surface area contributed by atoms with Crippen molar-refractivity contribution in [3.8, 4) is 0 Å². The number of nitrogens with one attached hydrogen (secondary N) is 2. The molecular weight excluding hydrogens is 166 g/mol. The number of carbonyl (C=O) groups is 1. The van der Waals surface area contributed by atoms with Gasteiger partial charge in [0.15, 0.2) is 0 Å². The minimum absolute atomic E-state index is 0.0280. The molecule has 1 saturated heterocycles. The van der Waals surface area contributed by atoms with E-state index in [1.54, 1.807) is 7.05 Å². The summed E-state index contributed by atoms with van der Waals surface area (Å²) in [6.07, 6.45) is 0.815. The Kier molecular flexibility index (Phi) is 3.58. The van der Waals surface area contributed by atoms with Gasteiger partial charge in [0.25, 0.3) is 0 Å². The lowest BCUT2D eigenvalue weighted by Gasteiger charge is -2.22. The lowest BCUT2D eigenvalue weighted by Crippen LogP contribution is -2.42. The van der Waals surface area contributed by atoms with E-state index in [2.05, 4.69) is 15.5 Å². The largest absolute Gasteiger partial charge is 0.358 e. The maximum Gasteiger partial charge on any atom is 0.233 e. The second kappa shape index (κ2) is 5.19. The first-order valence-electron chi connectivity index (χ1n) is 5.26. The number of hydrogen-bond donors (Lipinski definition) is 2. The van der Waals surface area contributed by atoms with Gasteiger partial charge in [0.05, 0.1) is 6.54 Å². The van der Waals surface area contributed by atoms with Crippen molar-refractivity contribution < 1.29 is 6.17 Å². The number of likely N-dealkylation sites (N-methyl/N-ethyl adjacent to an activating group) is 2. The quantitative estimate of drug-likeness (QED) is 0.619. The molecule has 1 aliphatic heterocycles. The van der Waals surface area contributed by atoms with Crippen LogP contribution in [0.15, 0.2) is 0 Å². The topological polar surface area (TPSA) is 44.4 Å². The Labute approximate surface area is 81.1 Å². The van der Waals surface area contributed by atoms with Gasteiger partial charge in [0.1, 0.15) is 0 Å². The monoisotopic (exact) mass is 187 g/mol. The van der Waals surface area contributed by atoms with Crippen molar-refractivity contribution >= 4 is 5.91 Å². The Morgan fingerprint density at radius 1 is 1.69 bits per heavy atom. The molecule has 0 aromatic rings. The first-order valence-corrected chi connectivity index (χ1v) is 4.68. The van der Waals surface area contributed by atoms with Crippen molar-refractivity contribution in [3.63, 3.8) is 0 Å². The molecule has 2 atom stereocenters. The van der Waals surface area contributed by atoms with E-state index >= 15 is 0 Å². The lowest BCUT2D eigenvalue weighted by atomic mass is 10.2. The predicted molar refractivity (Wildman–Crippen MR) is 52.6 cm³/mol. The number of hydrogen-bond acceptors (Lipinski definition) is 3. The highest BCUT2D eigenvalue weighted by atomic mass is 16.1. The van der Waals surface area contributed by atoms with Gasteiger partial charge in [-0.25, -0.2) is 0 Å². The van der Waals surface area contributed by atoms with Crippen LogP contribution in [0, 0.1) is 0 Å². The molecule has 0 spiro atoms. The average Bonchev–Trinajstić information content (AvgIpc) is 2.47. The number of carbonyl (C=O) groups excluding carboxylic acids is 1. The molecule has 0 aliphatic carbocycles. The van der Waals surface area contributed by atoms with E-state index in [1.165, 1.54) is 0 Å². The minimum atomic E-state index is -0.0435. The van der Waals surface area contributed by atoms with Crippen molar-refractivity contribution in [2.75, 3.05) is 33.7 Å². The van der Waals surface area contributed by atoms with E-state index in [4.69, 9.17) is 1.37 Å². The van der Waals surface area contributed by atoms with Crippen LogP contribution in [-0.4, -0.2) is 50.6 Å². The fourth-order valence-electron chi connectivity index (χ4n) is 1.64. The third kappa shape index (κ3) is 2.97. The van der Waals surface area contributed by atoms with Gasteiger partial charge in [-0.1, -0.05) is 0 Å². The molecule has 1 heterocycles. The van der Waals surface area contributed by atoms with E-state index < -0.39 is 0 Å². The highest BCUT2D eigenvalue weighted by Crippen LogP contribution is 2.15. The number of rotatable bonds is 4. The predicted octanol–water partition coefficient (Wildman–Crippen LogP) is -0.584. The third-order valence-electron chi connectivity index (χ3n) is 2.38. The fraction of sp³-hybridized carbons (Fsp3) is 0.889. The van der Waals surface area contributed by atoms with Crippen molar-refractivity contribution in [1.29, 1.82) is 0 Å². The van der Waals surface area contributed by atoms with E-state index in [0.29, 0.717) is 19.1 Å². The SMILES string of the molecule is [3H]C1CC(CNC)N(CC(=O)NC)C1. The Balaban J connectivity index is 2.44. The summed E-state index contributed by atoms with van der Waals surface area (Å²) in [5.41, 5.74) is 0. The maximum atomic E-state index is 11.2. The van der Waals surface area contributed by atoms with Crippen LogP contribution in [0.1, 0.15) is 14.2 Å². The van der Waals surface area contributed by atoms with Crippen molar-refractivity contribution in [1.82, 2.24) is 15.5 Å². The summed E-state index contributed by atoms with van der Waals surface area (Å²) >= 11 is 0. The molecule has 0 saturated carbocycles. The molecule has 0 aromatic heterocycles. The molecule has 4 nitrogen and oxygen atoms in total. The molecule has 1 fully saturated rings. The third-order valence-corrected chi connectivity index (χ3v) is 2.38. The van der Waals surface area contributed by atoms with Crippen LogP contribution in [-0.2, 0) is 4.79 Å². The summed E-state index contributed by atoms with van der Waals surface area (Å²) in [7, 11) is 3.54. The second-order valence-electron chi connectivity index (χ2n) is 3.34. The van der Waals surface area contributed by atoms with Gasteiger partial charge >= 0.3 is 0 Å². The van der Waals surface area contributed by atoms with Crippen LogP contribution in [0.3, 0.4) is 0 Å². The average molecular weight is 187 g/mol. The molecule has 13 heavy (non-hydrogen) atoms. The molecule has 1 amide bonds. The molecule has 2 N–H and O–H groups in total. The summed E-state index contributed by atoms with van der Waals surface area (Å²) in [5.74, 6) is 0.0280. The summed E-state index contributed by atoms with van der Waals surface area (Å²) in [6.45, 7) is 1.98. The number of nitrogens with zero attached hydrogens (tertiary/aromatic N) is 1. The Hall–Kier alpha value is -0.610. The zero-order valence-electron chi connectivity index (χ0n) is 9.34. The van der Waals surface area contributed by atoms with Crippen LogP contribution in [0.2, 0.25) is 0 Å². The molecule has 2 unspecified atom stereocenters. The summed E-state index contributed by atoms with van der Waals surface area (Å²) < 4.78 is 7.67. The van der Waals surface area contributed by atoms with Gasteiger partial charge in [0, 0.05) is 21.0 Å². The van der Waals surface area contributed by atoms with Gasteiger partial charge in [0.2, 0.25) is 5.91 Å². The van der Waals surface area contributed by atoms with Crippen LogP contribution in [0.25, 0.3) is 0 Å². The fourth-order valence-corrected chi connectivity index (χ4v) is 1.64. The molecule has 4 heteroatoms. The first-order chi connectivity index (χ1) is 6.67. The van der Waals surface area contributed by atoms with Gasteiger partial charge < -0.3 is 10.6 Å². The Morgan fingerprint density at radius 2 is 2.46 bits per heavy atom. The van der Waals surface area contributed by atoms with Gasteiger partial charge in [-0.3, -0.25) is 9.69 Å². The summed E-state index contributed by atoms with van der Waals surface area (Å²) in [4.78, 5) is 13.3. The van der Waals surface area contributed by atoms with E-state index in [0.717, 1.165) is 13.0 Å². The Morgan fingerprint density at radius 3 is 3.08 bits per heavy atom. The molecule has 0 aromatic carbocycles. The molecule has 1 rings (SSSR count). The number of likely N-dealkylation sites (tertiary alicyclic amines) is 1. The highest BCUT2D eigenvalue weighted by molar-refractivity contribution is 5.77. The van der Waals surface area contributed by atoms with Crippen molar-refractivity contribution in [2.45, 2.75) is 18.9 Å². The minimum Gasteiger partial charge on any atom is -0.358 e. The van der Waals surface area contributed by atoms with Crippen LogP contribution in [0.5, 0.6) is 0 Å². The van der Waals surface area contributed by atoms with Crippen LogP contribution >= 0.6 is 0 Å². The summed E-state index contributed by atoms with van der Waals surface area (Å²) in [6, 6.07) is 0.333. The number of amides is 1. The molecule has 0 radical (unpaired) electrons. The van der Waals surface area contributed by atoms with Gasteiger partial charge in [-0.2, -0.15) is 0 Å². The maximum absolute atomic E-state index is 11.2. The van der Waals surface area contributed by atoms with Gasteiger partial charge in [-0.05, 0) is 26.4 Å². The van der Waals surface area contributed by atoms with E-state index in [-0.39, 0.29) is 12.3 Å². The molecule has 1 aliphatic rings. The van der Waals surface area contributed by atoms with Crippen molar-refractivity contribution in [2.24, 2.45) is 0 Å². The van der Waals surface area contributed by atoms with Crippen LogP contribution in [0.4, 0.5) is 0 Å². The molecule has 0 bridgehead atoms. The standard InChI is InChI=1S/C9H19N3O/c1-10-6-8-4-3-5-12(8)7-9(13)11-2/h8,10H,3-7H2,1-2H3,(H,11,13)/i3T. The van der Waals surface area contributed by atoms with Crippen molar-refractivity contribution in [3.05, 3.63) is 0 Å². The normalized spacial score (nSPS) is 30.2. The lowest BCUT2D eigenvalue weighted by molar-refractivity contribution is -0.121. The summed E-state index contributed by atoms with van der Waals surface area (Å²) in [5, 5.41) is 5.70. The zero-order chi connectivity index (χ0) is 10.6.